The van der Waals surface area contributed by atoms with E-state index in [1.165, 1.54) is 12.0 Å². The van der Waals surface area contributed by atoms with Crippen molar-refractivity contribution in [2.45, 2.75) is 25.3 Å². The maximum Gasteiger partial charge on any atom is 0.0505 e. The molecule has 2 N–H and O–H groups in total. The van der Waals surface area contributed by atoms with Gasteiger partial charge in [-0.05, 0) is 37.6 Å². The SMILES string of the molecule is CNC(c1ccc(Br)cc1)C1(CO)CCC1. The standard InChI is InChI=1S/C13H18BrNO/c1-15-12(13(9-16)7-2-8-13)10-3-5-11(14)6-4-10/h3-6,12,15-16H,2,7-9H2,1H3. The van der Waals surface area contributed by atoms with Gasteiger partial charge in [-0.3, -0.25) is 0 Å². The summed E-state index contributed by atoms with van der Waals surface area (Å²) in [7, 11) is 1.97. The molecule has 0 radical (unpaired) electrons. The lowest BCUT2D eigenvalue weighted by molar-refractivity contribution is 0.00783. The third-order valence-electron chi connectivity index (χ3n) is 3.77. The highest BCUT2D eigenvalue weighted by Gasteiger charge is 2.43. The molecular formula is C13H18BrNO. The van der Waals surface area contributed by atoms with Crippen LogP contribution in [0.1, 0.15) is 30.9 Å². The topological polar surface area (TPSA) is 32.3 Å². The van der Waals surface area contributed by atoms with Gasteiger partial charge < -0.3 is 10.4 Å². The number of aliphatic hydroxyl groups excluding tert-OH is 1. The molecule has 2 rings (SSSR count). The van der Waals surface area contributed by atoms with Crippen molar-refractivity contribution in [3.8, 4) is 0 Å². The maximum absolute atomic E-state index is 9.60. The van der Waals surface area contributed by atoms with E-state index in [0.717, 1.165) is 17.3 Å². The molecule has 0 saturated heterocycles. The van der Waals surface area contributed by atoms with Gasteiger partial charge in [-0.15, -0.1) is 0 Å². The Morgan fingerprint density at radius 3 is 2.38 bits per heavy atom. The van der Waals surface area contributed by atoms with Crippen molar-refractivity contribution in [3.63, 3.8) is 0 Å². The molecule has 3 heteroatoms. The van der Waals surface area contributed by atoms with Gasteiger partial charge in [0.2, 0.25) is 0 Å². The molecule has 1 atom stereocenters. The van der Waals surface area contributed by atoms with E-state index in [1.807, 2.05) is 7.05 Å². The van der Waals surface area contributed by atoms with Gasteiger partial charge in [0.05, 0.1) is 6.61 Å². The normalized spacial score (nSPS) is 20.2. The fourth-order valence-electron chi connectivity index (χ4n) is 2.65. The van der Waals surface area contributed by atoms with Crippen molar-refractivity contribution < 1.29 is 5.11 Å². The van der Waals surface area contributed by atoms with Crippen molar-refractivity contribution in [2.24, 2.45) is 5.41 Å². The van der Waals surface area contributed by atoms with Crippen LogP contribution in [0.5, 0.6) is 0 Å². The Bertz CT molecular complexity index is 340. The molecule has 1 saturated carbocycles. The first-order valence-electron chi connectivity index (χ1n) is 5.75. The van der Waals surface area contributed by atoms with E-state index < -0.39 is 0 Å². The van der Waals surface area contributed by atoms with E-state index in [4.69, 9.17) is 0 Å². The molecule has 0 heterocycles. The zero-order valence-electron chi connectivity index (χ0n) is 9.54. The number of nitrogens with one attached hydrogen (secondary N) is 1. The zero-order chi connectivity index (χ0) is 11.6. The molecule has 0 amide bonds. The van der Waals surface area contributed by atoms with Crippen LogP contribution in [0.15, 0.2) is 28.7 Å². The van der Waals surface area contributed by atoms with Gasteiger partial charge >= 0.3 is 0 Å². The number of rotatable bonds is 4. The van der Waals surface area contributed by atoms with Crippen LogP contribution in [0.25, 0.3) is 0 Å². The Morgan fingerprint density at radius 1 is 1.38 bits per heavy atom. The summed E-state index contributed by atoms with van der Waals surface area (Å²) in [5, 5.41) is 13.0. The van der Waals surface area contributed by atoms with Gasteiger partial charge in [0, 0.05) is 15.9 Å². The predicted molar refractivity (Wildman–Crippen MR) is 69.3 cm³/mol. The van der Waals surface area contributed by atoms with Gasteiger partial charge in [0.1, 0.15) is 0 Å². The lowest BCUT2D eigenvalue weighted by atomic mass is 9.63. The monoisotopic (exact) mass is 283 g/mol. The smallest absolute Gasteiger partial charge is 0.0505 e. The van der Waals surface area contributed by atoms with Crippen LogP contribution in [-0.4, -0.2) is 18.8 Å². The first kappa shape index (κ1) is 12.1. The Morgan fingerprint density at radius 2 is 2.00 bits per heavy atom. The molecule has 1 aromatic rings. The Kier molecular flexibility index (Phi) is 3.67. The zero-order valence-corrected chi connectivity index (χ0v) is 11.1. The summed E-state index contributed by atoms with van der Waals surface area (Å²) in [6.45, 7) is 0.272. The van der Waals surface area contributed by atoms with Crippen LogP contribution >= 0.6 is 15.9 Å². The van der Waals surface area contributed by atoms with E-state index in [9.17, 15) is 5.11 Å². The highest BCUT2D eigenvalue weighted by atomic mass is 79.9. The first-order chi connectivity index (χ1) is 7.72. The molecule has 1 fully saturated rings. The molecule has 1 aliphatic carbocycles. The highest BCUT2D eigenvalue weighted by Crippen LogP contribution is 2.49. The van der Waals surface area contributed by atoms with Crippen LogP contribution in [0.4, 0.5) is 0 Å². The molecule has 2 nitrogen and oxygen atoms in total. The molecule has 88 valence electrons. The number of halogens is 1. The van der Waals surface area contributed by atoms with Crippen molar-refractivity contribution in [1.29, 1.82) is 0 Å². The van der Waals surface area contributed by atoms with E-state index in [1.54, 1.807) is 0 Å². The summed E-state index contributed by atoms with van der Waals surface area (Å²) in [6.07, 6.45) is 3.46. The minimum Gasteiger partial charge on any atom is -0.396 e. The molecule has 0 aliphatic heterocycles. The second-order valence-corrected chi connectivity index (χ2v) is 5.56. The fourth-order valence-corrected chi connectivity index (χ4v) is 2.91. The van der Waals surface area contributed by atoms with Crippen LogP contribution in [0.2, 0.25) is 0 Å². The Hall–Kier alpha value is -0.380. The largest absolute Gasteiger partial charge is 0.396 e. The second-order valence-electron chi connectivity index (χ2n) is 4.65. The number of hydrogen-bond donors (Lipinski definition) is 2. The molecule has 0 spiro atoms. The lowest BCUT2D eigenvalue weighted by Gasteiger charge is -2.46. The van der Waals surface area contributed by atoms with E-state index in [2.05, 4.69) is 45.5 Å². The van der Waals surface area contributed by atoms with E-state index in [-0.39, 0.29) is 18.1 Å². The molecule has 0 bridgehead atoms. The Labute approximate surface area is 105 Å². The third kappa shape index (κ3) is 2.04. The van der Waals surface area contributed by atoms with Crippen LogP contribution in [0.3, 0.4) is 0 Å². The average molecular weight is 284 g/mol. The minimum absolute atomic E-state index is 0.0581. The van der Waals surface area contributed by atoms with Crippen molar-refractivity contribution in [1.82, 2.24) is 5.32 Å². The molecular weight excluding hydrogens is 266 g/mol. The molecule has 0 aromatic heterocycles. The van der Waals surface area contributed by atoms with Crippen molar-refractivity contribution in [3.05, 3.63) is 34.3 Å². The molecule has 1 unspecified atom stereocenters. The van der Waals surface area contributed by atoms with Gasteiger partial charge in [-0.2, -0.15) is 0 Å². The molecule has 1 aliphatic rings. The minimum atomic E-state index is 0.0581. The average Bonchev–Trinajstić information content (AvgIpc) is 2.25. The number of benzene rings is 1. The predicted octanol–water partition coefficient (Wildman–Crippen LogP) is 2.87. The van der Waals surface area contributed by atoms with Crippen LogP contribution < -0.4 is 5.32 Å². The lowest BCUT2D eigenvalue weighted by Crippen LogP contribution is -2.44. The second kappa shape index (κ2) is 4.86. The number of hydrogen-bond acceptors (Lipinski definition) is 2. The Balaban J connectivity index is 2.25. The van der Waals surface area contributed by atoms with Gasteiger partial charge in [0.15, 0.2) is 0 Å². The van der Waals surface area contributed by atoms with Gasteiger partial charge in [-0.25, -0.2) is 0 Å². The summed E-state index contributed by atoms with van der Waals surface area (Å²) in [5.74, 6) is 0. The summed E-state index contributed by atoms with van der Waals surface area (Å²) in [5.41, 5.74) is 1.32. The first-order valence-corrected chi connectivity index (χ1v) is 6.55. The summed E-state index contributed by atoms with van der Waals surface area (Å²) < 4.78 is 1.10. The summed E-state index contributed by atoms with van der Waals surface area (Å²) >= 11 is 3.45. The van der Waals surface area contributed by atoms with Crippen molar-refractivity contribution >= 4 is 15.9 Å². The molecule has 1 aromatic carbocycles. The molecule has 16 heavy (non-hydrogen) atoms. The number of aliphatic hydroxyl groups is 1. The van der Waals surface area contributed by atoms with E-state index in [0.29, 0.717) is 0 Å². The van der Waals surface area contributed by atoms with E-state index >= 15 is 0 Å². The van der Waals surface area contributed by atoms with Crippen LogP contribution in [-0.2, 0) is 0 Å². The van der Waals surface area contributed by atoms with Gasteiger partial charge in [-0.1, -0.05) is 34.5 Å². The van der Waals surface area contributed by atoms with Crippen molar-refractivity contribution in [2.75, 3.05) is 13.7 Å². The quantitative estimate of drug-likeness (QED) is 0.891. The summed E-state index contributed by atoms with van der Waals surface area (Å²) in [4.78, 5) is 0. The maximum atomic E-state index is 9.60. The van der Waals surface area contributed by atoms with Gasteiger partial charge in [0.25, 0.3) is 0 Å². The highest BCUT2D eigenvalue weighted by molar-refractivity contribution is 9.10. The van der Waals surface area contributed by atoms with Crippen LogP contribution in [0, 0.1) is 5.41 Å². The fraction of sp³-hybridized carbons (Fsp3) is 0.538. The third-order valence-corrected chi connectivity index (χ3v) is 4.30. The summed E-state index contributed by atoms with van der Waals surface area (Å²) in [6, 6.07) is 8.63.